The van der Waals surface area contributed by atoms with E-state index in [4.69, 9.17) is 0 Å². The molecular weight excluding hydrogens is 397 g/mol. The van der Waals surface area contributed by atoms with Crippen LogP contribution in [-0.4, -0.2) is 50.8 Å². The van der Waals surface area contributed by atoms with E-state index in [1.165, 1.54) is 29.1 Å². The van der Waals surface area contributed by atoms with Crippen LogP contribution < -0.4 is 5.32 Å². The van der Waals surface area contributed by atoms with Gasteiger partial charge in [0.25, 0.3) is 11.8 Å². The first kappa shape index (κ1) is 20.7. The summed E-state index contributed by atoms with van der Waals surface area (Å²) in [6.07, 6.45) is 2.67. The van der Waals surface area contributed by atoms with E-state index in [9.17, 15) is 14.0 Å². The highest BCUT2D eigenvalue weighted by molar-refractivity contribution is 5.98. The number of benzene rings is 2. The Hall–Kier alpha value is -3.55. The summed E-state index contributed by atoms with van der Waals surface area (Å²) in [6.45, 7) is 0.920. The quantitative estimate of drug-likeness (QED) is 0.687. The molecular formula is C23H24FN5O2. The molecule has 0 bridgehead atoms. The van der Waals surface area contributed by atoms with Crippen molar-refractivity contribution in [2.75, 3.05) is 13.1 Å². The summed E-state index contributed by atoms with van der Waals surface area (Å²) >= 11 is 0. The van der Waals surface area contributed by atoms with Crippen LogP contribution in [0.1, 0.15) is 40.1 Å². The van der Waals surface area contributed by atoms with Crippen molar-refractivity contribution in [2.45, 2.75) is 25.3 Å². The third kappa shape index (κ3) is 4.63. The highest BCUT2D eigenvalue weighted by Crippen LogP contribution is 2.24. The Morgan fingerprint density at radius 3 is 2.55 bits per heavy atom. The van der Waals surface area contributed by atoms with Crippen LogP contribution in [0, 0.1) is 5.82 Å². The lowest BCUT2D eigenvalue weighted by molar-refractivity contribution is 0.0596. The standard InChI is InChI=1S/C23H24FN5O2/c1-28-26-20(16-7-3-2-4-8-16)21(27-28)23(31)29-14-6-5-9-19(29)15-25-22(30)17-10-12-18(24)13-11-17/h2-4,7-8,10-13,19H,5-6,9,14-15H2,1H3,(H,25,30). The Labute approximate surface area is 179 Å². The summed E-state index contributed by atoms with van der Waals surface area (Å²) in [7, 11) is 1.69. The number of carbonyl (C=O) groups is 2. The van der Waals surface area contributed by atoms with Crippen molar-refractivity contribution in [3.63, 3.8) is 0 Å². The SMILES string of the molecule is Cn1nc(C(=O)N2CCCCC2CNC(=O)c2ccc(F)cc2)c(-c2ccccc2)n1. The average Bonchev–Trinajstić information content (AvgIpc) is 3.20. The van der Waals surface area contributed by atoms with E-state index in [0.717, 1.165) is 24.8 Å². The van der Waals surface area contributed by atoms with Crippen molar-refractivity contribution in [2.24, 2.45) is 7.05 Å². The maximum Gasteiger partial charge on any atom is 0.277 e. The highest BCUT2D eigenvalue weighted by atomic mass is 19.1. The monoisotopic (exact) mass is 421 g/mol. The molecule has 1 unspecified atom stereocenters. The van der Waals surface area contributed by atoms with E-state index in [1.807, 2.05) is 30.3 Å². The molecule has 1 aliphatic heterocycles. The van der Waals surface area contributed by atoms with E-state index in [2.05, 4.69) is 15.5 Å². The Morgan fingerprint density at radius 2 is 1.81 bits per heavy atom. The van der Waals surface area contributed by atoms with Crippen LogP contribution in [0.4, 0.5) is 4.39 Å². The minimum atomic E-state index is -0.390. The summed E-state index contributed by atoms with van der Waals surface area (Å²) < 4.78 is 13.1. The molecule has 7 nitrogen and oxygen atoms in total. The summed E-state index contributed by atoms with van der Waals surface area (Å²) in [5.74, 6) is -0.867. The van der Waals surface area contributed by atoms with Gasteiger partial charge >= 0.3 is 0 Å². The zero-order valence-electron chi connectivity index (χ0n) is 17.3. The molecule has 1 N–H and O–H groups in total. The number of rotatable bonds is 5. The third-order valence-corrected chi connectivity index (χ3v) is 5.46. The summed E-state index contributed by atoms with van der Waals surface area (Å²) in [6, 6.07) is 14.8. The molecule has 2 heterocycles. The predicted octanol–water partition coefficient (Wildman–Crippen LogP) is 3.05. The van der Waals surface area contributed by atoms with Gasteiger partial charge in [0.1, 0.15) is 11.5 Å². The van der Waals surface area contributed by atoms with Gasteiger partial charge in [0.15, 0.2) is 5.69 Å². The van der Waals surface area contributed by atoms with Gasteiger partial charge in [-0.25, -0.2) is 4.39 Å². The lowest BCUT2D eigenvalue weighted by Crippen LogP contribution is -2.49. The van der Waals surface area contributed by atoms with Gasteiger partial charge in [-0.2, -0.15) is 9.90 Å². The lowest BCUT2D eigenvalue weighted by atomic mass is 10.0. The normalized spacial score (nSPS) is 16.2. The van der Waals surface area contributed by atoms with Gasteiger partial charge in [0, 0.05) is 37.3 Å². The molecule has 2 amide bonds. The number of nitrogens with zero attached hydrogens (tertiary/aromatic N) is 4. The Balaban J connectivity index is 1.51. The van der Waals surface area contributed by atoms with Crippen LogP contribution in [0.2, 0.25) is 0 Å². The highest BCUT2D eigenvalue weighted by Gasteiger charge is 2.31. The van der Waals surface area contributed by atoms with Crippen molar-refractivity contribution < 1.29 is 14.0 Å². The van der Waals surface area contributed by atoms with Crippen LogP contribution in [0.25, 0.3) is 11.3 Å². The van der Waals surface area contributed by atoms with Crippen LogP contribution in [0.3, 0.4) is 0 Å². The third-order valence-electron chi connectivity index (χ3n) is 5.46. The molecule has 1 aliphatic rings. The fourth-order valence-corrected chi connectivity index (χ4v) is 3.87. The molecule has 1 fully saturated rings. The molecule has 3 aromatic rings. The van der Waals surface area contributed by atoms with Crippen LogP contribution in [0.15, 0.2) is 54.6 Å². The second-order valence-corrected chi connectivity index (χ2v) is 7.62. The topological polar surface area (TPSA) is 80.1 Å². The number of nitrogens with one attached hydrogen (secondary N) is 1. The number of piperidine rings is 1. The van der Waals surface area contributed by atoms with E-state index in [1.54, 1.807) is 11.9 Å². The molecule has 2 aromatic carbocycles. The van der Waals surface area contributed by atoms with Gasteiger partial charge in [0.05, 0.1) is 0 Å². The molecule has 4 rings (SSSR count). The van der Waals surface area contributed by atoms with Crippen LogP contribution in [-0.2, 0) is 7.05 Å². The van der Waals surface area contributed by atoms with E-state index in [0.29, 0.717) is 30.0 Å². The summed E-state index contributed by atoms with van der Waals surface area (Å²) in [5.41, 5.74) is 2.07. The number of likely N-dealkylation sites (tertiary alicyclic amines) is 1. The first-order valence-electron chi connectivity index (χ1n) is 10.3. The van der Waals surface area contributed by atoms with Gasteiger partial charge < -0.3 is 10.2 Å². The molecule has 1 atom stereocenters. The predicted molar refractivity (Wildman–Crippen MR) is 114 cm³/mol. The summed E-state index contributed by atoms with van der Waals surface area (Å²) in [5, 5.41) is 11.6. The molecule has 0 saturated carbocycles. The number of carbonyl (C=O) groups excluding carboxylic acids is 2. The van der Waals surface area contributed by atoms with Gasteiger partial charge in [-0.1, -0.05) is 30.3 Å². The zero-order chi connectivity index (χ0) is 21.8. The lowest BCUT2D eigenvalue weighted by Gasteiger charge is -2.35. The van der Waals surface area contributed by atoms with Gasteiger partial charge in [-0.05, 0) is 43.5 Å². The van der Waals surface area contributed by atoms with E-state index in [-0.39, 0.29) is 17.9 Å². The van der Waals surface area contributed by atoms with E-state index >= 15 is 0 Å². The summed E-state index contributed by atoms with van der Waals surface area (Å²) in [4.78, 5) is 29.0. The smallest absolute Gasteiger partial charge is 0.277 e. The van der Waals surface area contributed by atoms with Gasteiger partial charge in [-0.15, -0.1) is 5.10 Å². The maximum absolute atomic E-state index is 13.4. The number of amides is 2. The minimum absolute atomic E-state index is 0.142. The van der Waals surface area contributed by atoms with E-state index < -0.39 is 5.82 Å². The van der Waals surface area contributed by atoms with Crippen molar-refractivity contribution in [3.8, 4) is 11.3 Å². The number of aromatic nitrogens is 3. The second-order valence-electron chi connectivity index (χ2n) is 7.62. The largest absolute Gasteiger partial charge is 0.350 e. The van der Waals surface area contributed by atoms with Crippen LogP contribution >= 0.6 is 0 Å². The van der Waals surface area contributed by atoms with Gasteiger partial charge in [0.2, 0.25) is 0 Å². The molecule has 1 saturated heterocycles. The zero-order valence-corrected chi connectivity index (χ0v) is 17.3. The Kier molecular flexibility index (Phi) is 6.06. The fourth-order valence-electron chi connectivity index (χ4n) is 3.87. The molecule has 31 heavy (non-hydrogen) atoms. The number of hydrogen-bond acceptors (Lipinski definition) is 4. The molecule has 0 spiro atoms. The first-order chi connectivity index (χ1) is 15.0. The van der Waals surface area contributed by atoms with Crippen molar-refractivity contribution in [1.29, 1.82) is 0 Å². The second kappa shape index (κ2) is 9.07. The minimum Gasteiger partial charge on any atom is -0.350 e. The molecule has 0 radical (unpaired) electrons. The van der Waals surface area contributed by atoms with Crippen molar-refractivity contribution >= 4 is 11.8 Å². The first-order valence-corrected chi connectivity index (χ1v) is 10.3. The number of halogens is 1. The Morgan fingerprint density at radius 1 is 1.06 bits per heavy atom. The molecule has 8 heteroatoms. The average molecular weight is 421 g/mol. The fraction of sp³-hybridized carbons (Fsp3) is 0.304. The van der Waals surface area contributed by atoms with Crippen molar-refractivity contribution in [1.82, 2.24) is 25.2 Å². The number of hydrogen-bond donors (Lipinski definition) is 1. The van der Waals surface area contributed by atoms with Crippen molar-refractivity contribution in [3.05, 3.63) is 71.7 Å². The molecule has 1 aromatic heterocycles. The van der Waals surface area contributed by atoms with Gasteiger partial charge in [-0.3, -0.25) is 9.59 Å². The molecule has 160 valence electrons. The molecule has 0 aliphatic carbocycles. The van der Waals surface area contributed by atoms with Crippen LogP contribution in [0.5, 0.6) is 0 Å². The maximum atomic E-state index is 13.4. The number of aryl methyl sites for hydroxylation is 1. The Bertz CT molecular complexity index is 1070.